The molecule has 0 aliphatic carbocycles. The molecule has 0 saturated heterocycles. The van der Waals surface area contributed by atoms with Crippen molar-refractivity contribution in [1.29, 1.82) is 0 Å². The van der Waals surface area contributed by atoms with E-state index >= 15 is 0 Å². The van der Waals surface area contributed by atoms with E-state index in [4.69, 9.17) is 0 Å². The van der Waals surface area contributed by atoms with E-state index in [2.05, 4.69) is 38.6 Å². The molecule has 0 radical (unpaired) electrons. The normalized spacial score (nSPS) is 12.4. The average Bonchev–Trinajstić information content (AvgIpc) is 3.26. The summed E-state index contributed by atoms with van der Waals surface area (Å²) in [5, 5.41) is 18.7. The van der Waals surface area contributed by atoms with Crippen molar-refractivity contribution in [2.24, 2.45) is 7.05 Å². The first kappa shape index (κ1) is 16.7. The van der Waals surface area contributed by atoms with Crippen molar-refractivity contribution in [3.8, 4) is 10.4 Å². The van der Waals surface area contributed by atoms with E-state index < -0.39 is 6.10 Å². The van der Waals surface area contributed by atoms with Crippen LogP contribution in [0.1, 0.15) is 17.5 Å². The zero-order valence-corrected chi connectivity index (χ0v) is 15.4. The molecule has 0 aliphatic rings. The number of rotatable bonds is 5. The highest BCUT2D eigenvalue weighted by molar-refractivity contribution is 7.21. The van der Waals surface area contributed by atoms with Gasteiger partial charge in [0.2, 0.25) is 0 Å². The third-order valence-corrected chi connectivity index (χ3v) is 5.21. The lowest BCUT2D eigenvalue weighted by atomic mass is 10.2. The van der Waals surface area contributed by atoms with Gasteiger partial charge in [0.05, 0.1) is 17.7 Å². The molecular weight excluding hydrogens is 346 g/mol. The Balaban J connectivity index is 1.63. The molecule has 3 aromatic heterocycles. The number of aromatic nitrogens is 4. The Morgan fingerprint density at radius 3 is 2.77 bits per heavy atom. The van der Waals surface area contributed by atoms with Gasteiger partial charge in [-0.25, -0.2) is 9.97 Å². The van der Waals surface area contributed by atoms with Crippen LogP contribution in [0.4, 0.5) is 5.82 Å². The average molecular weight is 365 g/mol. The smallest absolute Gasteiger partial charge is 0.138 e. The van der Waals surface area contributed by atoms with Gasteiger partial charge in [0.1, 0.15) is 16.5 Å². The van der Waals surface area contributed by atoms with Crippen molar-refractivity contribution in [3.05, 3.63) is 60.2 Å². The van der Waals surface area contributed by atoms with Gasteiger partial charge in [0.25, 0.3) is 0 Å². The molecule has 0 saturated carbocycles. The molecule has 4 aromatic rings. The largest absolute Gasteiger partial charge is 0.386 e. The molecule has 1 aromatic carbocycles. The second kappa shape index (κ2) is 6.86. The number of hydrogen-bond donors (Lipinski definition) is 2. The summed E-state index contributed by atoms with van der Waals surface area (Å²) in [6.07, 6.45) is 2.83. The fraction of sp³-hybridized carbons (Fsp3) is 0.211. The van der Waals surface area contributed by atoms with E-state index in [1.54, 1.807) is 22.2 Å². The van der Waals surface area contributed by atoms with Crippen LogP contribution in [0.3, 0.4) is 0 Å². The van der Waals surface area contributed by atoms with E-state index in [9.17, 15) is 5.11 Å². The van der Waals surface area contributed by atoms with Crippen LogP contribution in [0.2, 0.25) is 0 Å². The van der Waals surface area contributed by atoms with E-state index in [1.807, 2.05) is 38.4 Å². The molecule has 1 atom stereocenters. The Hall–Kier alpha value is -2.77. The zero-order valence-electron chi connectivity index (χ0n) is 14.5. The monoisotopic (exact) mass is 365 g/mol. The van der Waals surface area contributed by atoms with Crippen LogP contribution in [0.25, 0.3) is 20.7 Å². The van der Waals surface area contributed by atoms with Crippen molar-refractivity contribution in [3.63, 3.8) is 0 Å². The van der Waals surface area contributed by atoms with Crippen molar-refractivity contribution in [2.45, 2.75) is 13.0 Å². The van der Waals surface area contributed by atoms with Gasteiger partial charge in [-0.2, -0.15) is 5.10 Å². The lowest BCUT2D eigenvalue weighted by molar-refractivity contribution is 0.191. The minimum absolute atomic E-state index is 0.355. The van der Waals surface area contributed by atoms with Gasteiger partial charge >= 0.3 is 0 Å². The third-order valence-electron chi connectivity index (χ3n) is 4.14. The number of benzene rings is 1. The first-order chi connectivity index (χ1) is 12.6. The lowest BCUT2D eigenvalue weighted by Crippen LogP contribution is -2.13. The fourth-order valence-electron chi connectivity index (χ4n) is 2.83. The predicted molar refractivity (Wildman–Crippen MR) is 104 cm³/mol. The molecule has 0 aliphatic heterocycles. The third kappa shape index (κ3) is 3.31. The quantitative estimate of drug-likeness (QED) is 0.566. The summed E-state index contributed by atoms with van der Waals surface area (Å²) in [4.78, 5) is 11.2. The summed E-state index contributed by atoms with van der Waals surface area (Å²) in [6, 6.07) is 12.3. The summed E-state index contributed by atoms with van der Waals surface area (Å²) in [7, 11) is 1.83. The molecule has 7 heteroatoms. The van der Waals surface area contributed by atoms with Crippen LogP contribution in [0.15, 0.2) is 48.8 Å². The number of aliphatic hydroxyl groups excluding tert-OH is 1. The van der Waals surface area contributed by atoms with Crippen LogP contribution in [-0.2, 0) is 7.05 Å². The highest BCUT2D eigenvalue weighted by atomic mass is 32.1. The molecule has 26 heavy (non-hydrogen) atoms. The zero-order chi connectivity index (χ0) is 18.1. The van der Waals surface area contributed by atoms with Crippen LogP contribution < -0.4 is 5.32 Å². The molecule has 3 heterocycles. The fourth-order valence-corrected chi connectivity index (χ4v) is 3.91. The highest BCUT2D eigenvalue weighted by Gasteiger charge is 2.14. The number of nitrogens with zero attached hydrogens (tertiary/aromatic N) is 4. The second-order valence-electron chi connectivity index (χ2n) is 6.16. The molecule has 0 spiro atoms. The number of fused-ring (bicyclic) bond motifs is 1. The maximum Gasteiger partial charge on any atom is 0.138 e. The summed E-state index contributed by atoms with van der Waals surface area (Å²) in [5.41, 5.74) is 1.94. The molecule has 1 unspecified atom stereocenters. The Kier molecular flexibility index (Phi) is 4.40. The number of thiophene rings is 1. The van der Waals surface area contributed by atoms with Gasteiger partial charge in [-0.15, -0.1) is 11.3 Å². The summed E-state index contributed by atoms with van der Waals surface area (Å²) < 4.78 is 1.68. The van der Waals surface area contributed by atoms with Gasteiger partial charge in [-0.05, 0) is 18.6 Å². The van der Waals surface area contributed by atoms with Crippen molar-refractivity contribution in [1.82, 2.24) is 19.7 Å². The molecule has 0 fully saturated rings. The molecule has 4 rings (SSSR count). The predicted octanol–water partition coefficient (Wildman–Crippen LogP) is 3.55. The Morgan fingerprint density at radius 1 is 1.23 bits per heavy atom. The molecule has 0 amide bonds. The molecule has 2 N–H and O–H groups in total. The number of aliphatic hydroxyl groups is 1. The van der Waals surface area contributed by atoms with Crippen LogP contribution >= 0.6 is 11.3 Å². The van der Waals surface area contributed by atoms with Crippen LogP contribution in [-0.4, -0.2) is 31.4 Å². The van der Waals surface area contributed by atoms with Gasteiger partial charge in [-0.3, -0.25) is 4.68 Å². The minimum Gasteiger partial charge on any atom is -0.386 e. The number of aryl methyl sites for hydroxylation is 2. The van der Waals surface area contributed by atoms with Crippen LogP contribution in [0.5, 0.6) is 0 Å². The summed E-state index contributed by atoms with van der Waals surface area (Å²) in [5.74, 6) is 1.45. The Bertz CT molecular complexity index is 1040. The van der Waals surface area contributed by atoms with Gasteiger partial charge < -0.3 is 10.4 Å². The minimum atomic E-state index is -0.652. The number of hydrogen-bond acceptors (Lipinski definition) is 6. The molecule has 132 valence electrons. The van der Waals surface area contributed by atoms with Gasteiger partial charge in [0, 0.05) is 30.2 Å². The topological polar surface area (TPSA) is 75.9 Å². The molecule has 6 nitrogen and oxygen atoms in total. The first-order valence-electron chi connectivity index (χ1n) is 8.34. The van der Waals surface area contributed by atoms with E-state index in [-0.39, 0.29) is 0 Å². The second-order valence-corrected chi connectivity index (χ2v) is 7.19. The SMILES string of the molecule is Cc1nc(NCC(O)c2cnn(C)c2)c2cc(-c3ccccc3)sc2n1. The molecule has 0 bridgehead atoms. The number of anilines is 1. The molecular formula is C19H19N5OS. The lowest BCUT2D eigenvalue weighted by Gasteiger charge is -2.11. The highest BCUT2D eigenvalue weighted by Crippen LogP contribution is 2.35. The van der Waals surface area contributed by atoms with E-state index in [1.165, 1.54) is 0 Å². The maximum absolute atomic E-state index is 10.4. The Labute approximate surface area is 155 Å². The number of nitrogens with one attached hydrogen (secondary N) is 1. The summed E-state index contributed by atoms with van der Waals surface area (Å²) in [6.45, 7) is 2.23. The van der Waals surface area contributed by atoms with E-state index in [0.717, 1.165) is 32.0 Å². The Morgan fingerprint density at radius 2 is 2.04 bits per heavy atom. The van der Waals surface area contributed by atoms with Gasteiger partial charge in [-0.1, -0.05) is 30.3 Å². The standard InChI is InChI=1S/C19H19N5OS/c1-12-22-18(20-10-16(25)14-9-21-24(2)11-14)15-8-17(26-19(15)23-12)13-6-4-3-5-7-13/h3-9,11,16,25H,10H2,1-2H3,(H,20,22,23). The first-order valence-corrected chi connectivity index (χ1v) is 9.16. The summed E-state index contributed by atoms with van der Waals surface area (Å²) >= 11 is 1.65. The van der Waals surface area contributed by atoms with Gasteiger partial charge in [0.15, 0.2) is 0 Å². The van der Waals surface area contributed by atoms with Crippen molar-refractivity contribution in [2.75, 3.05) is 11.9 Å². The van der Waals surface area contributed by atoms with Crippen LogP contribution in [0, 0.1) is 6.92 Å². The van der Waals surface area contributed by atoms with E-state index in [0.29, 0.717) is 12.4 Å². The van der Waals surface area contributed by atoms with Crippen molar-refractivity contribution >= 4 is 27.4 Å². The maximum atomic E-state index is 10.4. The van der Waals surface area contributed by atoms with Crippen molar-refractivity contribution < 1.29 is 5.11 Å².